The molecule has 0 aliphatic carbocycles. The summed E-state index contributed by atoms with van der Waals surface area (Å²) in [6, 6.07) is 6.49. The molecule has 1 aromatic rings. The Morgan fingerprint density at radius 1 is 1.37 bits per heavy atom. The number of sulfonamides is 1. The molecule has 0 aliphatic heterocycles. The Kier molecular flexibility index (Phi) is 5.78. The molecular weight excluding hydrogens is 288 g/mol. The fourth-order valence-corrected chi connectivity index (χ4v) is 3.23. The number of carbonyl (C=O) groups excluding carboxylic acids is 1. The summed E-state index contributed by atoms with van der Waals surface area (Å²) in [5.74, 6) is -0.235. The van der Waals surface area contributed by atoms with E-state index in [4.69, 9.17) is 11.6 Å². The van der Waals surface area contributed by atoms with Gasteiger partial charge in [-0.25, -0.2) is 8.42 Å². The molecule has 0 aliphatic rings. The van der Waals surface area contributed by atoms with Crippen molar-refractivity contribution in [2.75, 3.05) is 20.1 Å². The molecule has 1 amide bonds. The zero-order valence-corrected chi connectivity index (χ0v) is 12.5. The van der Waals surface area contributed by atoms with Gasteiger partial charge in [-0.05, 0) is 18.6 Å². The lowest BCUT2D eigenvalue weighted by molar-refractivity contribution is -0.121. The minimum Gasteiger partial charge on any atom is -0.355 e. The Morgan fingerprint density at radius 3 is 2.58 bits per heavy atom. The Bertz CT molecular complexity index is 546. The van der Waals surface area contributed by atoms with E-state index in [9.17, 15) is 13.2 Å². The van der Waals surface area contributed by atoms with E-state index in [1.165, 1.54) is 13.1 Å². The summed E-state index contributed by atoms with van der Waals surface area (Å²) in [5.41, 5.74) is 0.520. The van der Waals surface area contributed by atoms with Crippen LogP contribution in [0.1, 0.15) is 12.5 Å². The fourth-order valence-electron chi connectivity index (χ4n) is 1.57. The molecule has 1 rings (SSSR count). The van der Waals surface area contributed by atoms with Crippen LogP contribution in [0.4, 0.5) is 0 Å². The first-order valence-electron chi connectivity index (χ1n) is 5.80. The molecule has 0 aromatic heterocycles. The summed E-state index contributed by atoms with van der Waals surface area (Å²) in [6.45, 7) is 2.02. The summed E-state index contributed by atoms with van der Waals surface area (Å²) in [7, 11) is -2.34. The third-order valence-corrected chi connectivity index (χ3v) is 4.74. The molecule has 0 saturated heterocycles. The Labute approximate surface area is 118 Å². The molecule has 1 N–H and O–H groups in total. The first-order valence-corrected chi connectivity index (χ1v) is 7.77. The number of halogens is 1. The van der Waals surface area contributed by atoms with E-state index in [0.29, 0.717) is 12.1 Å². The Morgan fingerprint density at radius 2 is 2.00 bits per heavy atom. The molecule has 0 saturated carbocycles. The summed E-state index contributed by atoms with van der Waals surface area (Å²) in [4.78, 5) is 11.6. The van der Waals surface area contributed by atoms with E-state index in [2.05, 4.69) is 5.32 Å². The smallest absolute Gasteiger partial charge is 0.243 e. The second-order valence-corrected chi connectivity index (χ2v) is 6.24. The number of amides is 1. The van der Waals surface area contributed by atoms with Gasteiger partial charge in [0.15, 0.2) is 0 Å². The topological polar surface area (TPSA) is 66.5 Å². The number of alkyl halides is 1. The molecule has 106 valence electrons. The van der Waals surface area contributed by atoms with E-state index in [1.807, 2.05) is 0 Å². The highest BCUT2D eigenvalue weighted by Crippen LogP contribution is 2.20. The van der Waals surface area contributed by atoms with Crippen LogP contribution in [0.5, 0.6) is 0 Å². The largest absolute Gasteiger partial charge is 0.355 e. The first-order chi connectivity index (χ1) is 8.93. The highest BCUT2D eigenvalue weighted by molar-refractivity contribution is 7.89. The maximum atomic E-state index is 12.3. The van der Waals surface area contributed by atoms with Gasteiger partial charge in [0.1, 0.15) is 0 Å². The summed E-state index contributed by atoms with van der Waals surface area (Å²) >= 11 is 5.74. The molecule has 0 heterocycles. The lowest BCUT2D eigenvalue weighted by atomic mass is 10.2. The fraction of sp³-hybridized carbons (Fsp3) is 0.417. The van der Waals surface area contributed by atoms with Crippen LogP contribution >= 0.6 is 11.6 Å². The number of hydrogen-bond donors (Lipinski definition) is 1. The maximum Gasteiger partial charge on any atom is 0.243 e. The standard InChI is InChI=1S/C12H17ClN2O3S/c1-3-14-12(16)9-15(2)19(17,18)11-7-5-4-6-10(11)8-13/h4-7H,3,8-9H2,1-2H3,(H,14,16). The van der Waals surface area contributed by atoms with Gasteiger partial charge < -0.3 is 5.32 Å². The van der Waals surface area contributed by atoms with Crippen molar-refractivity contribution in [2.45, 2.75) is 17.7 Å². The second kappa shape index (κ2) is 6.88. The van der Waals surface area contributed by atoms with E-state index < -0.39 is 10.0 Å². The maximum absolute atomic E-state index is 12.3. The number of benzene rings is 1. The zero-order chi connectivity index (χ0) is 14.5. The van der Waals surface area contributed by atoms with Crippen LogP contribution in [0.3, 0.4) is 0 Å². The average Bonchev–Trinajstić information content (AvgIpc) is 2.38. The number of rotatable bonds is 6. The Balaban J connectivity index is 3.00. The van der Waals surface area contributed by atoms with E-state index in [0.717, 1.165) is 4.31 Å². The normalized spacial score (nSPS) is 11.6. The third-order valence-electron chi connectivity index (χ3n) is 2.55. The molecular formula is C12H17ClN2O3S. The molecule has 0 bridgehead atoms. The van der Waals surface area contributed by atoms with Crippen LogP contribution < -0.4 is 5.32 Å². The van der Waals surface area contributed by atoms with Gasteiger partial charge in [0, 0.05) is 19.5 Å². The van der Waals surface area contributed by atoms with Crippen molar-refractivity contribution in [3.8, 4) is 0 Å². The molecule has 0 radical (unpaired) electrons. The van der Waals surface area contributed by atoms with E-state index in [-0.39, 0.29) is 23.2 Å². The van der Waals surface area contributed by atoms with Crippen molar-refractivity contribution in [3.05, 3.63) is 29.8 Å². The van der Waals surface area contributed by atoms with Gasteiger partial charge in [0.05, 0.1) is 11.4 Å². The monoisotopic (exact) mass is 304 g/mol. The van der Waals surface area contributed by atoms with Crippen molar-refractivity contribution < 1.29 is 13.2 Å². The van der Waals surface area contributed by atoms with Crippen molar-refractivity contribution in [1.82, 2.24) is 9.62 Å². The minimum absolute atomic E-state index is 0.102. The number of nitrogens with zero attached hydrogens (tertiary/aromatic N) is 1. The third kappa shape index (κ3) is 3.92. The first kappa shape index (κ1) is 15.9. The quantitative estimate of drug-likeness (QED) is 0.803. The molecule has 0 unspecified atom stereocenters. The molecule has 0 spiro atoms. The van der Waals surface area contributed by atoms with E-state index >= 15 is 0 Å². The van der Waals surface area contributed by atoms with Crippen LogP contribution in [0, 0.1) is 0 Å². The molecule has 1 aromatic carbocycles. The van der Waals surface area contributed by atoms with Crippen molar-refractivity contribution >= 4 is 27.5 Å². The summed E-state index contributed by atoms with van der Waals surface area (Å²) in [5, 5.41) is 2.56. The number of hydrogen-bond acceptors (Lipinski definition) is 3. The second-order valence-electron chi connectivity index (χ2n) is 3.96. The Hall–Kier alpha value is -1.11. The lowest BCUT2D eigenvalue weighted by Crippen LogP contribution is -2.38. The number of carbonyl (C=O) groups is 1. The predicted molar refractivity (Wildman–Crippen MR) is 74.5 cm³/mol. The average molecular weight is 305 g/mol. The van der Waals surface area contributed by atoms with Crippen LogP contribution in [0.25, 0.3) is 0 Å². The summed E-state index contributed by atoms with van der Waals surface area (Å²) < 4.78 is 25.7. The van der Waals surface area contributed by atoms with Gasteiger partial charge in [-0.3, -0.25) is 4.79 Å². The van der Waals surface area contributed by atoms with Crippen molar-refractivity contribution in [3.63, 3.8) is 0 Å². The van der Waals surface area contributed by atoms with Crippen molar-refractivity contribution in [2.24, 2.45) is 0 Å². The van der Waals surface area contributed by atoms with Gasteiger partial charge in [0.2, 0.25) is 15.9 Å². The molecule has 7 heteroatoms. The van der Waals surface area contributed by atoms with Crippen LogP contribution in [-0.2, 0) is 20.7 Å². The summed E-state index contributed by atoms with van der Waals surface area (Å²) in [6.07, 6.45) is 0. The van der Waals surface area contributed by atoms with Crippen LogP contribution in [0.2, 0.25) is 0 Å². The lowest BCUT2D eigenvalue weighted by Gasteiger charge is -2.18. The van der Waals surface area contributed by atoms with Gasteiger partial charge in [-0.15, -0.1) is 11.6 Å². The minimum atomic E-state index is -3.71. The van der Waals surface area contributed by atoms with Gasteiger partial charge in [-0.1, -0.05) is 18.2 Å². The van der Waals surface area contributed by atoms with Gasteiger partial charge >= 0.3 is 0 Å². The van der Waals surface area contributed by atoms with Crippen molar-refractivity contribution in [1.29, 1.82) is 0 Å². The molecule has 0 atom stereocenters. The number of nitrogens with one attached hydrogen (secondary N) is 1. The SMILES string of the molecule is CCNC(=O)CN(C)S(=O)(=O)c1ccccc1CCl. The predicted octanol–water partition coefficient (Wildman–Crippen LogP) is 1.18. The highest BCUT2D eigenvalue weighted by atomic mass is 35.5. The van der Waals surface area contributed by atoms with Gasteiger partial charge in [0.25, 0.3) is 0 Å². The molecule has 5 nitrogen and oxygen atoms in total. The van der Waals surface area contributed by atoms with E-state index in [1.54, 1.807) is 25.1 Å². The van der Waals surface area contributed by atoms with Gasteiger partial charge in [-0.2, -0.15) is 4.31 Å². The highest BCUT2D eigenvalue weighted by Gasteiger charge is 2.24. The molecule has 19 heavy (non-hydrogen) atoms. The van der Waals surface area contributed by atoms with Crippen LogP contribution in [-0.4, -0.2) is 38.8 Å². The van der Waals surface area contributed by atoms with Crippen LogP contribution in [0.15, 0.2) is 29.2 Å². The number of likely N-dealkylation sites (N-methyl/N-ethyl adjacent to an activating group) is 2. The molecule has 0 fully saturated rings. The zero-order valence-electron chi connectivity index (χ0n) is 10.9.